The third-order valence-electron chi connectivity index (χ3n) is 1.87. The number of carbonyl (C=O) groups is 1. The Morgan fingerprint density at radius 3 is 2.83 bits per heavy atom. The smallest absolute Gasteiger partial charge is 0.243 e. The molecule has 0 aromatic heterocycles. The topological polar surface area (TPSA) is 33.5 Å². The molecule has 0 rings (SSSR count). The molecule has 2 N–H and O–H groups in total. The van der Waals surface area contributed by atoms with Gasteiger partial charge in [0.2, 0.25) is 5.91 Å². The summed E-state index contributed by atoms with van der Waals surface area (Å²) >= 11 is 0. The van der Waals surface area contributed by atoms with Crippen molar-refractivity contribution in [3.8, 4) is 0 Å². The second kappa shape index (κ2) is 6.85. The maximum atomic E-state index is 10.7. The van der Waals surface area contributed by atoms with Gasteiger partial charge in [0, 0.05) is 13.0 Å². The molecule has 0 aromatic carbocycles. The van der Waals surface area contributed by atoms with E-state index in [0.29, 0.717) is 0 Å². The van der Waals surface area contributed by atoms with Crippen LogP contribution in [0.4, 0.5) is 0 Å². The molecule has 0 aliphatic rings. The lowest BCUT2D eigenvalue weighted by Crippen LogP contribution is -3.08. The van der Waals surface area contributed by atoms with Crippen molar-refractivity contribution in [2.75, 3.05) is 26.7 Å². The third-order valence-corrected chi connectivity index (χ3v) is 1.87. The molecule has 12 heavy (non-hydrogen) atoms. The van der Waals surface area contributed by atoms with Gasteiger partial charge in [-0.3, -0.25) is 4.79 Å². The van der Waals surface area contributed by atoms with E-state index < -0.39 is 0 Å². The molecule has 0 aliphatic carbocycles. The van der Waals surface area contributed by atoms with Crippen LogP contribution in [-0.4, -0.2) is 32.6 Å². The first-order valence-electron chi connectivity index (χ1n) is 4.42. The van der Waals surface area contributed by atoms with Crippen molar-refractivity contribution >= 4 is 5.91 Å². The zero-order valence-corrected chi connectivity index (χ0v) is 8.02. The van der Waals surface area contributed by atoms with E-state index in [0.717, 1.165) is 26.1 Å². The van der Waals surface area contributed by atoms with E-state index in [9.17, 15) is 4.79 Å². The lowest BCUT2D eigenvalue weighted by molar-refractivity contribution is -0.877. The molecule has 1 atom stereocenters. The molecule has 0 saturated heterocycles. The Morgan fingerprint density at radius 2 is 2.33 bits per heavy atom. The van der Waals surface area contributed by atoms with Crippen molar-refractivity contribution in [1.82, 2.24) is 5.32 Å². The summed E-state index contributed by atoms with van der Waals surface area (Å²) in [7, 11) is 2.15. The standard InChI is InChI=1S/C9H18N2O/c1-4-9(12)10-7-6-8-11(3)5-2/h4H,1,5-8H2,2-3H3,(H,10,12)/p+1. The molecule has 0 radical (unpaired) electrons. The maximum Gasteiger partial charge on any atom is 0.243 e. The largest absolute Gasteiger partial charge is 0.352 e. The van der Waals surface area contributed by atoms with Gasteiger partial charge >= 0.3 is 0 Å². The van der Waals surface area contributed by atoms with Crippen molar-refractivity contribution < 1.29 is 9.69 Å². The van der Waals surface area contributed by atoms with Gasteiger partial charge in [0.25, 0.3) is 0 Å². The molecule has 0 aromatic rings. The van der Waals surface area contributed by atoms with Crippen molar-refractivity contribution in [3.63, 3.8) is 0 Å². The fourth-order valence-electron chi connectivity index (χ4n) is 0.851. The third kappa shape index (κ3) is 5.92. The molecule has 1 unspecified atom stereocenters. The van der Waals surface area contributed by atoms with Crippen LogP contribution in [0.1, 0.15) is 13.3 Å². The Hall–Kier alpha value is -0.830. The van der Waals surface area contributed by atoms with E-state index in [1.807, 2.05) is 0 Å². The van der Waals surface area contributed by atoms with Crippen LogP contribution in [0.25, 0.3) is 0 Å². The van der Waals surface area contributed by atoms with Gasteiger partial charge in [-0.25, -0.2) is 0 Å². The number of carbonyl (C=O) groups excluding carboxylic acids is 1. The quantitative estimate of drug-likeness (QED) is 0.399. The van der Waals surface area contributed by atoms with Crippen molar-refractivity contribution in [3.05, 3.63) is 12.7 Å². The Kier molecular flexibility index (Phi) is 6.38. The van der Waals surface area contributed by atoms with Crippen LogP contribution in [0.3, 0.4) is 0 Å². The Bertz CT molecular complexity index is 145. The lowest BCUT2D eigenvalue weighted by Gasteiger charge is -2.10. The summed E-state index contributed by atoms with van der Waals surface area (Å²) in [6, 6.07) is 0. The Morgan fingerprint density at radius 1 is 1.67 bits per heavy atom. The van der Waals surface area contributed by atoms with Gasteiger partial charge in [0.15, 0.2) is 0 Å². The minimum absolute atomic E-state index is 0.0795. The summed E-state index contributed by atoms with van der Waals surface area (Å²) in [5.41, 5.74) is 0. The highest BCUT2D eigenvalue weighted by Gasteiger charge is 1.97. The molecule has 3 nitrogen and oxygen atoms in total. The molecule has 1 amide bonds. The zero-order valence-electron chi connectivity index (χ0n) is 8.02. The second-order valence-corrected chi connectivity index (χ2v) is 2.91. The summed E-state index contributed by atoms with van der Waals surface area (Å²) in [4.78, 5) is 12.2. The monoisotopic (exact) mass is 171 g/mol. The molecule has 0 bridgehead atoms. The summed E-state index contributed by atoms with van der Waals surface area (Å²) < 4.78 is 0. The van der Waals surface area contributed by atoms with E-state index >= 15 is 0 Å². The molecule has 0 heterocycles. The van der Waals surface area contributed by atoms with E-state index in [1.54, 1.807) is 0 Å². The van der Waals surface area contributed by atoms with Crippen molar-refractivity contribution in [2.45, 2.75) is 13.3 Å². The molecular formula is C9H19N2O+. The number of rotatable bonds is 6. The van der Waals surface area contributed by atoms with Crippen molar-refractivity contribution in [1.29, 1.82) is 0 Å². The molecular weight excluding hydrogens is 152 g/mol. The average molecular weight is 171 g/mol. The van der Waals surface area contributed by atoms with Crippen molar-refractivity contribution in [2.24, 2.45) is 0 Å². The van der Waals surface area contributed by atoms with Crippen LogP contribution in [0, 0.1) is 0 Å². The fraction of sp³-hybridized carbons (Fsp3) is 0.667. The highest BCUT2D eigenvalue weighted by atomic mass is 16.1. The van der Waals surface area contributed by atoms with Crippen LogP contribution in [0.15, 0.2) is 12.7 Å². The summed E-state index contributed by atoms with van der Waals surface area (Å²) in [6.45, 7) is 8.52. The first kappa shape index (κ1) is 11.2. The SMILES string of the molecule is C=CC(=O)NCCC[NH+](C)CC. The highest BCUT2D eigenvalue weighted by molar-refractivity contribution is 5.86. The van der Waals surface area contributed by atoms with Gasteiger partial charge in [0.1, 0.15) is 0 Å². The van der Waals surface area contributed by atoms with Gasteiger partial charge in [-0.2, -0.15) is 0 Å². The Balaban J connectivity index is 3.21. The molecule has 0 spiro atoms. The van der Waals surface area contributed by atoms with Crippen LogP contribution < -0.4 is 10.2 Å². The Labute approximate surface area is 74.4 Å². The molecule has 0 aliphatic heterocycles. The number of hydrogen-bond donors (Lipinski definition) is 2. The summed E-state index contributed by atoms with van der Waals surface area (Å²) in [6.07, 6.45) is 2.33. The summed E-state index contributed by atoms with van der Waals surface area (Å²) in [5, 5.41) is 2.74. The van der Waals surface area contributed by atoms with Gasteiger partial charge in [0.05, 0.1) is 20.1 Å². The molecule has 0 fully saturated rings. The predicted octanol–water partition coefficient (Wildman–Crippen LogP) is -0.787. The van der Waals surface area contributed by atoms with Crippen LogP contribution in [0.5, 0.6) is 0 Å². The zero-order chi connectivity index (χ0) is 9.40. The predicted molar refractivity (Wildman–Crippen MR) is 50.1 cm³/mol. The van der Waals surface area contributed by atoms with Crippen LogP contribution in [-0.2, 0) is 4.79 Å². The van der Waals surface area contributed by atoms with E-state index in [-0.39, 0.29) is 5.91 Å². The van der Waals surface area contributed by atoms with E-state index in [1.165, 1.54) is 11.0 Å². The second-order valence-electron chi connectivity index (χ2n) is 2.91. The molecule has 70 valence electrons. The highest BCUT2D eigenvalue weighted by Crippen LogP contribution is 1.71. The average Bonchev–Trinajstić information content (AvgIpc) is 2.11. The van der Waals surface area contributed by atoms with Crippen LogP contribution in [0.2, 0.25) is 0 Å². The first-order chi connectivity index (χ1) is 5.70. The number of hydrogen-bond acceptors (Lipinski definition) is 1. The number of quaternary nitrogens is 1. The van der Waals surface area contributed by atoms with Gasteiger partial charge < -0.3 is 10.2 Å². The number of nitrogens with one attached hydrogen (secondary N) is 2. The maximum absolute atomic E-state index is 10.7. The molecule has 0 saturated carbocycles. The minimum atomic E-state index is -0.0795. The van der Waals surface area contributed by atoms with E-state index in [2.05, 4.69) is 25.9 Å². The van der Waals surface area contributed by atoms with Gasteiger partial charge in [-0.1, -0.05) is 6.58 Å². The van der Waals surface area contributed by atoms with Crippen LogP contribution >= 0.6 is 0 Å². The van der Waals surface area contributed by atoms with E-state index in [4.69, 9.17) is 0 Å². The summed E-state index contributed by atoms with van der Waals surface area (Å²) in [5.74, 6) is -0.0795. The lowest BCUT2D eigenvalue weighted by atomic mass is 10.4. The first-order valence-corrected chi connectivity index (χ1v) is 4.42. The number of amides is 1. The normalized spacial score (nSPS) is 12.2. The fourth-order valence-corrected chi connectivity index (χ4v) is 0.851. The van der Waals surface area contributed by atoms with Gasteiger partial charge in [-0.15, -0.1) is 0 Å². The van der Waals surface area contributed by atoms with Gasteiger partial charge in [-0.05, 0) is 13.0 Å². The minimum Gasteiger partial charge on any atom is -0.352 e. The molecule has 3 heteroatoms.